The molecule has 0 saturated heterocycles. The number of carbonyl (C=O) groups is 1. The van der Waals surface area contributed by atoms with Gasteiger partial charge in [-0.3, -0.25) is 15.1 Å². The first-order valence-electron chi connectivity index (χ1n) is 5.28. The maximum Gasteiger partial charge on any atom is 0.346 e. The van der Waals surface area contributed by atoms with E-state index in [-0.39, 0.29) is 16.5 Å². The molecule has 0 saturated carbocycles. The Morgan fingerprint density at radius 2 is 2.10 bits per heavy atom. The maximum atomic E-state index is 11.2. The lowest BCUT2D eigenvalue weighted by Crippen LogP contribution is -2.05. The molecule has 0 fully saturated rings. The highest BCUT2D eigenvalue weighted by Crippen LogP contribution is 2.34. The fraction of sp³-hybridized carbons (Fsp3) is 0. The Morgan fingerprint density at radius 3 is 2.70 bits per heavy atom. The Bertz CT molecular complexity index is 689. The van der Waals surface area contributed by atoms with Crippen LogP contribution in [0.3, 0.4) is 0 Å². The van der Waals surface area contributed by atoms with Crippen molar-refractivity contribution in [3.8, 4) is 11.5 Å². The molecule has 1 aromatic carbocycles. The van der Waals surface area contributed by atoms with E-state index in [9.17, 15) is 14.9 Å². The Labute approximate surface area is 117 Å². The lowest BCUT2D eigenvalue weighted by Gasteiger charge is -2.09. The third-order valence-electron chi connectivity index (χ3n) is 2.37. The summed E-state index contributed by atoms with van der Waals surface area (Å²) in [5, 5.41) is 20.1. The minimum absolute atomic E-state index is 0.157. The molecule has 0 unspecified atom stereocenters. The van der Waals surface area contributed by atoms with Crippen molar-refractivity contribution < 1.29 is 19.6 Å². The van der Waals surface area contributed by atoms with Gasteiger partial charge in [0.05, 0.1) is 4.92 Å². The topological polar surface area (TPSA) is 103 Å². The van der Waals surface area contributed by atoms with Crippen LogP contribution in [0.1, 0.15) is 10.4 Å². The Morgan fingerprint density at radius 1 is 1.35 bits per heavy atom. The zero-order chi connectivity index (χ0) is 14.7. The molecule has 7 nitrogen and oxygen atoms in total. The second-order valence-electron chi connectivity index (χ2n) is 3.62. The summed E-state index contributed by atoms with van der Waals surface area (Å²) in [5.74, 6) is -1.47. The van der Waals surface area contributed by atoms with E-state index in [1.165, 1.54) is 30.6 Å². The van der Waals surface area contributed by atoms with E-state index in [1.807, 2.05) is 0 Å². The molecule has 0 bridgehead atoms. The molecule has 0 amide bonds. The van der Waals surface area contributed by atoms with Crippen molar-refractivity contribution in [2.24, 2.45) is 0 Å². The van der Waals surface area contributed by atoms with Gasteiger partial charge in [-0.1, -0.05) is 17.7 Å². The first kappa shape index (κ1) is 13.8. The van der Waals surface area contributed by atoms with E-state index in [1.54, 1.807) is 0 Å². The summed E-state index contributed by atoms with van der Waals surface area (Å²) >= 11 is 5.84. The molecule has 0 radical (unpaired) electrons. The largest absolute Gasteiger partial charge is 0.477 e. The summed E-state index contributed by atoms with van der Waals surface area (Å²) in [6.45, 7) is 0. The van der Waals surface area contributed by atoms with Gasteiger partial charge in [0, 0.05) is 24.5 Å². The van der Waals surface area contributed by atoms with Gasteiger partial charge in [0.2, 0.25) is 0 Å². The number of carboxylic acid groups (broad SMARTS) is 1. The van der Waals surface area contributed by atoms with Gasteiger partial charge < -0.3 is 9.84 Å². The molecule has 20 heavy (non-hydrogen) atoms. The van der Waals surface area contributed by atoms with Crippen LogP contribution in [0.4, 0.5) is 5.69 Å². The van der Waals surface area contributed by atoms with Crippen molar-refractivity contribution in [1.82, 2.24) is 4.98 Å². The molecule has 0 aliphatic carbocycles. The summed E-state index contributed by atoms with van der Waals surface area (Å²) < 4.78 is 5.34. The number of rotatable bonds is 4. The van der Waals surface area contributed by atoms with Gasteiger partial charge in [-0.2, -0.15) is 0 Å². The number of aromatic carboxylic acids is 1. The number of hydrogen-bond acceptors (Lipinski definition) is 5. The van der Waals surface area contributed by atoms with E-state index in [4.69, 9.17) is 21.4 Å². The van der Waals surface area contributed by atoms with Gasteiger partial charge >= 0.3 is 5.97 Å². The highest BCUT2D eigenvalue weighted by Gasteiger charge is 2.25. The first-order valence-corrected chi connectivity index (χ1v) is 5.66. The van der Waals surface area contributed by atoms with Gasteiger partial charge in [0.25, 0.3) is 5.69 Å². The van der Waals surface area contributed by atoms with E-state index in [0.717, 1.165) is 6.07 Å². The van der Waals surface area contributed by atoms with E-state index >= 15 is 0 Å². The van der Waals surface area contributed by atoms with Crippen LogP contribution in [-0.2, 0) is 0 Å². The predicted octanol–water partition coefficient (Wildman–Crippen LogP) is 3.13. The number of nitro groups is 1. The number of halogens is 1. The van der Waals surface area contributed by atoms with Crippen molar-refractivity contribution in [3.63, 3.8) is 0 Å². The molecule has 102 valence electrons. The number of benzene rings is 1. The van der Waals surface area contributed by atoms with Gasteiger partial charge in [-0.25, -0.2) is 4.79 Å². The molecule has 2 aromatic rings. The average Bonchev–Trinajstić information content (AvgIpc) is 2.40. The second-order valence-corrected chi connectivity index (χ2v) is 4.03. The Hall–Kier alpha value is -2.67. The molecular weight excluding hydrogens is 288 g/mol. The van der Waals surface area contributed by atoms with Crippen LogP contribution in [0.2, 0.25) is 5.02 Å². The van der Waals surface area contributed by atoms with E-state index in [0.29, 0.717) is 0 Å². The van der Waals surface area contributed by atoms with Gasteiger partial charge in [-0.15, -0.1) is 0 Å². The Kier molecular flexibility index (Phi) is 3.81. The van der Waals surface area contributed by atoms with Crippen LogP contribution < -0.4 is 4.74 Å². The third kappa shape index (κ3) is 2.67. The van der Waals surface area contributed by atoms with Crippen LogP contribution in [0.15, 0.2) is 36.7 Å². The highest BCUT2D eigenvalue weighted by atomic mass is 35.5. The molecule has 8 heteroatoms. The number of hydrogen-bond donors (Lipinski definition) is 1. The van der Waals surface area contributed by atoms with Crippen LogP contribution in [0.5, 0.6) is 11.5 Å². The lowest BCUT2D eigenvalue weighted by molar-refractivity contribution is -0.385. The number of nitro benzene ring substituents is 1. The molecule has 1 aromatic heterocycles. The SMILES string of the molecule is O=C(O)c1c(Oc2ccncc2Cl)cccc1[N+](=O)[O-]. The molecule has 0 aliphatic heterocycles. The van der Waals surface area contributed by atoms with E-state index < -0.39 is 22.1 Å². The van der Waals surface area contributed by atoms with Crippen LogP contribution in [0.25, 0.3) is 0 Å². The molecular formula is C12H7ClN2O5. The van der Waals surface area contributed by atoms with E-state index in [2.05, 4.69) is 4.98 Å². The smallest absolute Gasteiger partial charge is 0.346 e. The zero-order valence-electron chi connectivity index (χ0n) is 9.82. The number of ether oxygens (including phenoxy) is 1. The van der Waals surface area contributed by atoms with Crippen molar-refractivity contribution in [2.75, 3.05) is 0 Å². The van der Waals surface area contributed by atoms with Crippen molar-refractivity contribution in [1.29, 1.82) is 0 Å². The third-order valence-corrected chi connectivity index (χ3v) is 2.65. The summed E-state index contributed by atoms with van der Waals surface area (Å²) in [6.07, 6.45) is 2.72. The molecule has 2 rings (SSSR count). The number of pyridine rings is 1. The minimum atomic E-state index is -1.46. The van der Waals surface area contributed by atoms with Crippen LogP contribution in [0, 0.1) is 10.1 Å². The van der Waals surface area contributed by atoms with Gasteiger partial charge in [0.15, 0.2) is 5.56 Å². The predicted molar refractivity (Wildman–Crippen MR) is 69.4 cm³/mol. The number of nitrogens with zero attached hydrogens (tertiary/aromatic N) is 2. The fourth-order valence-electron chi connectivity index (χ4n) is 1.54. The first-order chi connectivity index (χ1) is 9.50. The zero-order valence-corrected chi connectivity index (χ0v) is 10.6. The summed E-state index contributed by atoms with van der Waals surface area (Å²) in [7, 11) is 0. The number of aromatic nitrogens is 1. The second kappa shape index (κ2) is 5.54. The monoisotopic (exact) mass is 294 g/mol. The van der Waals surface area contributed by atoms with Crippen LogP contribution >= 0.6 is 11.6 Å². The van der Waals surface area contributed by atoms with Crippen molar-refractivity contribution >= 4 is 23.3 Å². The summed E-state index contributed by atoms with van der Waals surface area (Å²) in [6, 6.07) is 5.15. The molecule has 0 atom stereocenters. The Balaban J connectivity index is 2.52. The normalized spacial score (nSPS) is 10.1. The summed E-state index contributed by atoms with van der Waals surface area (Å²) in [5.41, 5.74) is -1.09. The van der Waals surface area contributed by atoms with Gasteiger partial charge in [-0.05, 0) is 6.07 Å². The summed E-state index contributed by atoms with van der Waals surface area (Å²) in [4.78, 5) is 25.0. The molecule has 1 N–H and O–H groups in total. The van der Waals surface area contributed by atoms with Crippen LogP contribution in [-0.4, -0.2) is 21.0 Å². The fourth-order valence-corrected chi connectivity index (χ4v) is 1.69. The van der Waals surface area contributed by atoms with Crippen molar-refractivity contribution in [2.45, 2.75) is 0 Å². The van der Waals surface area contributed by atoms with Gasteiger partial charge in [0.1, 0.15) is 16.5 Å². The standard InChI is InChI=1S/C12H7ClN2O5/c13-7-6-14-5-4-9(7)20-10-3-1-2-8(15(18)19)11(10)12(16)17/h1-6H,(H,16,17). The molecule has 0 spiro atoms. The highest BCUT2D eigenvalue weighted by molar-refractivity contribution is 6.31. The quantitative estimate of drug-likeness (QED) is 0.686. The number of carboxylic acids is 1. The minimum Gasteiger partial charge on any atom is -0.477 e. The maximum absolute atomic E-state index is 11.2. The van der Waals surface area contributed by atoms with Crippen molar-refractivity contribution in [3.05, 3.63) is 57.4 Å². The lowest BCUT2D eigenvalue weighted by atomic mass is 10.1. The molecule has 1 heterocycles. The molecule has 0 aliphatic rings. The average molecular weight is 295 g/mol.